The van der Waals surface area contributed by atoms with E-state index in [9.17, 15) is 14.0 Å². The van der Waals surface area contributed by atoms with E-state index in [2.05, 4.69) is 5.10 Å². The van der Waals surface area contributed by atoms with E-state index in [1.165, 1.54) is 6.07 Å². The molecule has 1 aromatic heterocycles. The van der Waals surface area contributed by atoms with Crippen molar-refractivity contribution in [3.63, 3.8) is 0 Å². The van der Waals surface area contributed by atoms with Crippen LogP contribution < -0.4 is 0 Å². The Hall–Kier alpha value is -3.48. The van der Waals surface area contributed by atoms with Crippen LogP contribution in [0.5, 0.6) is 0 Å². The zero-order valence-electron chi connectivity index (χ0n) is 19.3. The number of aryl methyl sites for hydroxylation is 2. The van der Waals surface area contributed by atoms with Crippen molar-refractivity contribution in [1.82, 2.24) is 19.6 Å². The van der Waals surface area contributed by atoms with Gasteiger partial charge in [-0.2, -0.15) is 5.10 Å². The molecule has 1 aliphatic rings. The number of rotatable bonds is 6. The van der Waals surface area contributed by atoms with Gasteiger partial charge in [0.05, 0.1) is 17.3 Å². The maximum atomic E-state index is 14.1. The lowest BCUT2D eigenvalue weighted by Gasteiger charge is -2.34. The largest absolute Gasteiger partial charge is 0.341 e. The molecule has 7 heteroatoms. The summed E-state index contributed by atoms with van der Waals surface area (Å²) in [6, 6.07) is 16.5. The molecule has 1 aliphatic heterocycles. The maximum Gasteiger partial charge on any atom is 0.227 e. The lowest BCUT2D eigenvalue weighted by atomic mass is 9.95. The smallest absolute Gasteiger partial charge is 0.227 e. The van der Waals surface area contributed by atoms with E-state index in [1.54, 1.807) is 35.0 Å². The van der Waals surface area contributed by atoms with Crippen LogP contribution in [-0.2, 0) is 22.7 Å². The Morgan fingerprint density at radius 2 is 1.94 bits per heavy atom. The second-order valence-corrected chi connectivity index (χ2v) is 8.80. The zero-order valence-corrected chi connectivity index (χ0v) is 19.3. The number of likely N-dealkylation sites (tertiary alicyclic amines) is 1. The normalized spacial score (nSPS) is 16.2. The van der Waals surface area contributed by atoms with Gasteiger partial charge in [-0.25, -0.2) is 9.07 Å². The SMILES string of the molecule is Cc1cc(C)n(-c2cccc(CN(C)C(=O)[C@H]3CCC(=O)N(Cc4ccccc4F)C3)c2)n1. The summed E-state index contributed by atoms with van der Waals surface area (Å²) in [5, 5.41) is 4.54. The molecule has 33 heavy (non-hydrogen) atoms. The van der Waals surface area contributed by atoms with Gasteiger partial charge in [-0.05, 0) is 50.1 Å². The average molecular weight is 449 g/mol. The summed E-state index contributed by atoms with van der Waals surface area (Å²) in [5.74, 6) is -0.669. The van der Waals surface area contributed by atoms with Crippen molar-refractivity contribution < 1.29 is 14.0 Å². The summed E-state index contributed by atoms with van der Waals surface area (Å²) in [6.45, 7) is 4.93. The molecule has 0 unspecified atom stereocenters. The lowest BCUT2D eigenvalue weighted by Crippen LogP contribution is -2.45. The van der Waals surface area contributed by atoms with E-state index >= 15 is 0 Å². The third-order valence-electron chi connectivity index (χ3n) is 6.13. The van der Waals surface area contributed by atoms with E-state index in [4.69, 9.17) is 0 Å². The Morgan fingerprint density at radius 3 is 2.67 bits per heavy atom. The van der Waals surface area contributed by atoms with Crippen LogP contribution in [-0.4, -0.2) is 45.0 Å². The molecular formula is C26H29FN4O2. The number of nitrogens with zero attached hydrogens (tertiary/aromatic N) is 4. The highest BCUT2D eigenvalue weighted by atomic mass is 19.1. The fourth-order valence-electron chi connectivity index (χ4n) is 4.44. The lowest BCUT2D eigenvalue weighted by molar-refractivity contribution is -0.143. The van der Waals surface area contributed by atoms with Crippen molar-refractivity contribution in [2.75, 3.05) is 13.6 Å². The number of carbonyl (C=O) groups excluding carboxylic acids is 2. The highest BCUT2D eigenvalue weighted by Crippen LogP contribution is 2.23. The van der Waals surface area contributed by atoms with Gasteiger partial charge in [-0.1, -0.05) is 30.3 Å². The summed E-state index contributed by atoms with van der Waals surface area (Å²) in [4.78, 5) is 28.9. The topological polar surface area (TPSA) is 58.4 Å². The molecule has 0 radical (unpaired) electrons. The first-order valence-electron chi connectivity index (χ1n) is 11.2. The molecule has 172 valence electrons. The summed E-state index contributed by atoms with van der Waals surface area (Å²) in [5.41, 5.74) is 4.44. The standard InChI is InChI=1S/C26H29FN4O2/c1-18-13-19(2)31(28-18)23-9-6-7-20(14-23)15-29(3)26(33)22-11-12-25(32)30(17-22)16-21-8-4-5-10-24(21)27/h4-10,13-14,22H,11-12,15-17H2,1-3H3/t22-/m0/s1. The van der Waals surface area contributed by atoms with Crippen molar-refractivity contribution in [3.8, 4) is 5.69 Å². The van der Waals surface area contributed by atoms with Crippen molar-refractivity contribution in [2.24, 2.45) is 5.92 Å². The Morgan fingerprint density at radius 1 is 1.15 bits per heavy atom. The zero-order chi connectivity index (χ0) is 23.5. The van der Waals surface area contributed by atoms with E-state index in [0.29, 0.717) is 31.5 Å². The quantitative estimate of drug-likeness (QED) is 0.572. The van der Waals surface area contributed by atoms with Gasteiger partial charge < -0.3 is 9.80 Å². The predicted octanol–water partition coefficient (Wildman–Crippen LogP) is 4.03. The molecule has 0 bridgehead atoms. The second-order valence-electron chi connectivity index (χ2n) is 8.80. The van der Waals surface area contributed by atoms with Gasteiger partial charge in [-0.3, -0.25) is 9.59 Å². The van der Waals surface area contributed by atoms with Crippen LogP contribution in [0.15, 0.2) is 54.6 Å². The third kappa shape index (κ3) is 5.13. The fraction of sp³-hybridized carbons (Fsp3) is 0.346. The first-order valence-corrected chi connectivity index (χ1v) is 11.2. The number of halogens is 1. The first kappa shape index (κ1) is 22.7. The molecule has 1 saturated heterocycles. The van der Waals surface area contributed by atoms with Crippen LogP contribution in [0.4, 0.5) is 4.39 Å². The molecule has 2 heterocycles. The summed E-state index contributed by atoms with van der Waals surface area (Å²) < 4.78 is 16.0. The minimum absolute atomic E-state index is 0.00227. The molecule has 4 rings (SSSR count). The van der Waals surface area contributed by atoms with Crippen LogP contribution in [0.1, 0.15) is 35.4 Å². The van der Waals surface area contributed by atoms with Crippen molar-refractivity contribution >= 4 is 11.8 Å². The Bertz CT molecular complexity index is 1170. The average Bonchev–Trinajstić information content (AvgIpc) is 3.14. The molecule has 6 nitrogen and oxygen atoms in total. The molecule has 3 aromatic rings. The minimum Gasteiger partial charge on any atom is -0.341 e. The van der Waals surface area contributed by atoms with E-state index in [0.717, 1.165) is 22.6 Å². The number of amides is 2. The molecular weight excluding hydrogens is 419 g/mol. The van der Waals surface area contributed by atoms with Gasteiger partial charge in [-0.15, -0.1) is 0 Å². The molecule has 1 fully saturated rings. The Labute approximate surface area is 193 Å². The fourth-order valence-corrected chi connectivity index (χ4v) is 4.44. The molecule has 2 amide bonds. The summed E-state index contributed by atoms with van der Waals surface area (Å²) in [7, 11) is 1.79. The second kappa shape index (κ2) is 9.57. The van der Waals surface area contributed by atoms with E-state index < -0.39 is 0 Å². The molecule has 2 aromatic carbocycles. The van der Waals surface area contributed by atoms with Gasteiger partial charge in [0.2, 0.25) is 11.8 Å². The number of aromatic nitrogens is 2. The summed E-state index contributed by atoms with van der Waals surface area (Å²) in [6.07, 6.45) is 0.813. The van der Waals surface area contributed by atoms with Crippen molar-refractivity contribution in [1.29, 1.82) is 0 Å². The van der Waals surface area contributed by atoms with Gasteiger partial charge in [0.25, 0.3) is 0 Å². The van der Waals surface area contributed by atoms with Crippen LogP contribution >= 0.6 is 0 Å². The van der Waals surface area contributed by atoms with Gasteiger partial charge in [0.15, 0.2) is 0 Å². The Balaban J connectivity index is 1.43. The van der Waals surface area contributed by atoms with Crippen LogP contribution in [0, 0.1) is 25.6 Å². The number of benzene rings is 2. The molecule has 0 saturated carbocycles. The first-order chi connectivity index (χ1) is 15.8. The number of hydrogen-bond donors (Lipinski definition) is 0. The van der Waals surface area contributed by atoms with E-state index in [1.807, 2.05) is 48.9 Å². The monoisotopic (exact) mass is 448 g/mol. The molecule has 1 atom stereocenters. The molecule has 0 spiro atoms. The molecule has 0 aliphatic carbocycles. The van der Waals surface area contributed by atoms with Crippen LogP contribution in [0.2, 0.25) is 0 Å². The maximum absolute atomic E-state index is 14.1. The van der Waals surface area contributed by atoms with Crippen LogP contribution in [0.25, 0.3) is 5.69 Å². The van der Waals surface area contributed by atoms with Gasteiger partial charge >= 0.3 is 0 Å². The van der Waals surface area contributed by atoms with E-state index in [-0.39, 0.29) is 30.1 Å². The number of hydrogen-bond acceptors (Lipinski definition) is 3. The van der Waals surface area contributed by atoms with Crippen molar-refractivity contribution in [3.05, 3.63) is 82.9 Å². The molecule has 0 N–H and O–H groups in total. The highest BCUT2D eigenvalue weighted by molar-refractivity contribution is 5.83. The highest BCUT2D eigenvalue weighted by Gasteiger charge is 2.32. The number of piperidine rings is 1. The number of carbonyl (C=O) groups is 2. The minimum atomic E-state index is -0.335. The third-order valence-corrected chi connectivity index (χ3v) is 6.13. The van der Waals surface area contributed by atoms with Gasteiger partial charge in [0, 0.05) is 44.4 Å². The predicted molar refractivity (Wildman–Crippen MR) is 124 cm³/mol. The Kier molecular flexibility index (Phi) is 6.58. The van der Waals surface area contributed by atoms with Crippen LogP contribution in [0.3, 0.4) is 0 Å². The summed E-state index contributed by atoms with van der Waals surface area (Å²) >= 11 is 0. The van der Waals surface area contributed by atoms with Crippen molar-refractivity contribution in [2.45, 2.75) is 39.8 Å². The van der Waals surface area contributed by atoms with Gasteiger partial charge in [0.1, 0.15) is 5.82 Å².